The van der Waals surface area contributed by atoms with Gasteiger partial charge in [0, 0.05) is 17.5 Å². The lowest BCUT2D eigenvalue weighted by Gasteiger charge is -2.27. The quantitative estimate of drug-likeness (QED) is 0.439. The molecule has 1 aliphatic rings. The van der Waals surface area contributed by atoms with E-state index < -0.39 is 22.1 Å². The van der Waals surface area contributed by atoms with E-state index in [1.807, 2.05) is 0 Å². The summed E-state index contributed by atoms with van der Waals surface area (Å²) in [5, 5.41) is 2.53. The van der Waals surface area contributed by atoms with Crippen molar-refractivity contribution in [3.63, 3.8) is 0 Å². The van der Waals surface area contributed by atoms with Crippen molar-refractivity contribution in [2.45, 2.75) is 4.90 Å². The highest BCUT2D eigenvalue weighted by molar-refractivity contribution is 8.15. The Hall–Kier alpha value is -3.83. The number of amides is 2. The molecule has 1 N–H and O–H groups in total. The molecule has 168 valence electrons. The van der Waals surface area contributed by atoms with E-state index in [0.717, 1.165) is 11.9 Å². The highest BCUT2D eigenvalue weighted by Crippen LogP contribution is 2.40. The lowest BCUT2D eigenvalue weighted by Crippen LogP contribution is -2.35. The molecule has 1 aliphatic heterocycles. The number of anilines is 1. The van der Waals surface area contributed by atoms with E-state index in [-0.39, 0.29) is 27.2 Å². The van der Waals surface area contributed by atoms with Crippen LogP contribution in [0.15, 0.2) is 88.8 Å². The minimum absolute atomic E-state index is 0.0924. The van der Waals surface area contributed by atoms with Crippen LogP contribution >= 0.6 is 11.9 Å². The molecule has 3 aromatic carbocycles. The van der Waals surface area contributed by atoms with Crippen LogP contribution in [0.1, 0.15) is 10.4 Å². The maximum atomic E-state index is 13.2. The number of methoxy groups -OCH3 is 1. The third-order valence-corrected chi connectivity index (χ3v) is 6.56. The minimum Gasteiger partial charge on any atom is -0.453 e. The summed E-state index contributed by atoms with van der Waals surface area (Å²) in [7, 11) is -2.98. The van der Waals surface area contributed by atoms with Gasteiger partial charge in [0.1, 0.15) is 10.6 Å². The number of para-hydroxylation sites is 1. The molecule has 3 aromatic rings. The van der Waals surface area contributed by atoms with Crippen molar-refractivity contribution in [1.29, 1.82) is 0 Å². The van der Waals surface area contributed by atoms with Gasteiger partial charge in [0.25, 0.3) is 5.91 Å². The summed E-state index contributed by atoms with van der Waals surface area (Å²) in [6, 6.07) is 20.6. The number of hydrogen-bond donors (Lipinski definition) is 1. The first-order chi connectivity index (χ1) is 15.9. The molecule has 0 bridgehead atoms. The molecule has 11 heteroatoms. The van der Waals surface area contributed by atoms with Crippen molar-refractivity contribution in [3.8, 4) is 5.75 Å². The first-order valence-corrected chi connectivity index (χ1v) is 11.7. The minimum atomic E-state index is -4.18. The fourth-order valence-electron chi connectivity index (χ4n) is 2.87. The van der Waals surface area contributed by atoms with Crippen LogP contribution in [-0.2, 0) is 14.9 Å². The zero-order valence-electron chi connectivity index (χ0n) is 17.2. The summed E-state index contributed by atoms with van der Waals surface area (Å²) in [6.07, 6.45) is -0.757. The molecule has 0 aliphatic carbocycles. The molecule has 4 rings (SSSR count). The van der Waals surface area contributed by atoms with E-state index in [4.69, 9.17) is 4.18 Å². The first kappa shape index (κ1) is 22.4. The number of aliphatic imine (C=N–C) groups is 1. The Morgan fingerprint density at radius 1 is 0.970 bits per heavy atom. The Balaban J connectivity index is 1.75. The van der Waals surface area contributed by atoms with Crippen LogP contribution in [0, 0.1) is 0 Å². The first-order valence-electron chi connectivity index (χ1n) is 9.52. The monoisotopic (exact) mass is 483 g/mol. The molecule has 0 unspecified atom stereocenters. The Labute approximate surface area is 194 Å². The van der Waals surface area contributed by atoms with E-state index in [9.17, 15) is 18.0 Å². The van der Waals surface area contributed by atoms with Gasteiger partial charge in [-0.05, 0) is 42.5 Å². The largest absolute Gasteiger partial charge is 0.453 e. The summed E-state index contributed by atoms with van der Waals surface area (Å²) in [5.74, 6) is -0.274. The van der Waals surface area contributed by atoms with E-state index >= 15 is 0 Å². The van der Waals surface area contributed by atoms with Crippen LogP contribution in [0.3, 0.4) is 0 Å². The van der Waals surface area contributed by atoms with Gasteiger partial charge in [-0.25, -0.2) is 14.1 Å². The van der Waals surface area contributed by atoms with Crippen LogP contribution in [0.2, 0.25) is 0 Å². The number of rotatable bonds is 4. The number of carbonyl (C=O) groups excluding carboxylic acids is 2. The summed E-state index contributed by atoms with van der Waals surface area (Å²) in [4.78, 5) is 29.1. The maximum absolute atomic E-state index is 13.2. The zero-order valence-corrected chi connectivity index (χ0v) is 18.8. The number of ether oxygens (including phenoxy) is 1. The van der Waals surface area contributed by atoms with Gasteiger partial charge in [-0.1, -0.05) is 36.4 Å². The number of hydrogen-bond acceptors (Lipinski definition) is 8. The average molecular weight is 484 g/mol. The highest BCUT2D eigenvalue weighted by Gasteiger charge is 2.30. The van der Waals surface area contributed by atoms with Crippen molar-refractivity contribution >= 4 is 50.6 Å². The van der Waals surface area contributed by atoms with Crippen molar-refractivity contribution in [2.24, 2.45) is 4.99 Å². The standard InChI is InChI=1S/C22H17N3O6S2/c1-30-22(27)24-21-23-18-13-12-17(33(28,29)31-16-10-6-3-7-11-16)14-19(18)25(32-21)20(26)15-8-4-2-5-9-15/h2-14H,1H3,(H,23,24,27). The predicted octanol–water partition coefficient (Wildman–Crippen LogP) is 4.11. The van der Waals surface area contributed by atoms with Gasteiger partial charge in [0.2, 0.25) is 0 Å². The summed E-state index contributed by atoms with van der Waals surface area (Å²) in [6.45, 7) is 0. The second-order valence-electron chi connectivity index (χ2n) is 6.59. The third kappa shape index (κ3) is 4.99. The molecule has 0 saturated carbocycles. The second-order valence-corrected chi connectivity index (χ2v) is 9.07. The number of nitrogens with zero attached hydrogens (tertiary/aromatic N) is 2. The summed E-state index contributed by atoms with van der Waals surface area (Å²) < 4.78 is 36.7. The number of fused-ring (bicyclic) bond motifs is 1. The van der Waals surface area contributed by atoms with Crippen molar-refractivity contribution < 1.29 is 26.9 Å². The Morgan fingerprint density at radius 3 is 2.30 bits per heavy atom. The van der Waals surface area contributed by atoms with Gasteiger partial charge in [0.15, 0.2) is 5.17 Å². The SMILES string of the molecule is COC(=O)NC1=Nc2ccc(S(=O)(=O)Oc3ccccc3)cc2N(C(=O)c2ccccc2)S1. The topological polar surface area (TPSA) is 114 Å². The van der Waals surface area contributed by atoms with Crippen molar-refractivity contribution in [3.05, 3.63) is 84.4 Å². The lowest BCUT2D eigenvalue weighted by molar-refractivity contribution is 0.101. The molecule has 1 heterocycles. The molecule has 33 heavy (non-hydrogen) atoms. The normalized spacial score (nSPS) is 12.9. The second kappa shape index (κ2) is 9.35. The summed E-state index contributed by atoms with van der Waals surface area (Å²) >= 11 is 0.830. The fourth-order valence-corrected chi connectivity index (χ4v) is 4.70. The van der Waals surface area contributed by atoms with Gasteiger partial charge >= 0.3 is 16.2 Å². The Bertz CT molecular complexity index is 1330. The Kier molecular flexibility index (Phi) is 6.33. The molecule has 9 nitrogen and oxygen atoms in total. The molecule has 0 radical (unpaired) electrons. The fraction of sp³-hybridized carbons (Fsp3) is 0.0455. The average Bonchev–Trinajstić information content (AvgIpc) is 2.83. The molecular weight excluding hydrogens is 466 g/mol. The molecule has 0 fully saturated rings. The number of carbonyl (C=O) groups is 2. The molecule has 0 atom stereocenters. The zero-order chi connectivity index (χ0) is 23.4. The third-order valence-electron chi connectivity index (χ3n) is 4.40. The lowest BCUT2D eigenvalue weighted by atomic mass is 10.2. The molecule has 0 spiro atoms. The van der Waals surface area contributed by atoms with Crippen LogP contribution in [0.5, 0.6) is 5.75 Å². The van der Waals surface area contributed by atoms with Gasteiger partial charge in [0.05, 0.1) is 18.5 Å². The molecule has 0 aromatic heterocycles. The highest BCUT2D eigenvalue weighted by atomic mass is 32.2. The van der Waals surface area contributed by atoms with Crippen LogP contribution in [0.25, 0.3) is 0 Å². The van der Waals surface area contributed by atoms with Crippen LogP contribution in [0.4, 0.5) is 16.2 Å². The number of amidine groups is 1. The summed E-state index contributed by atoms with van der Waals surface area (Å²) in [5.41, 5.74) is 0.870. The Morgan fingerprint density at radius 2 is 1.64 bits per heavy atom. The predicted molar refractivity (Wildman–Crippen MR) is 124 cm³/mol. The van der Waals surface area contributed by atoms with E-state index in [2.05, 4.69) is 15.0 Å². The molecule has 2 amide bonds. The van der Waals surface area contributed by atoms with Gasteiger partial charge < -0.3 is 8.92 Å². The van der Waals surface area contributed by atoms with E-state index in [0.29, 0.717) is 5.56 Å². The number of nitrogens with one attached hydrogen (secondary N) is 1. The number of benzene rings is 3. The van der Waals surface area contributed by atoms with Gasteiger partial charge in [-0.15, -0.1) is 0 Å². The van der Waals surface area contributed by atoms with Gasteiger partial charge in [-0.3, -0.25) is 10.1 Å². The van der Waals surface area contributed by atoms with Crippen LogP contribution in [-0.4, -0.2) is 32.7 Å². The molecule has 0 saturated heterocycles. The van der Waals surface area contributed by atoms with Gasteiger partial charge in [-0.2, -0.15) is 8.42 Å². The van der Waals surface area contributed by atoms with Crippen molar-refractivity contribution in [2.75, 3.05) is 11.4 Å². The number of alkyl carbamates (subject to hydrolysis) is 1. The van der Waals surface area contributed by atoms with E-state index in [1.54, 1.807) is 48.5 Å². The maximum Gasteiger partial charge on any atom is 0.412 e. The van der Waals surface area contributed by atoms with Crippen molar-refractivity contribution in [1.82, 2.24) is 5.32 Å². The smallest absolute Gasteiger partial charge is 0.412 e. The van der Waals surface area contributed by atoms with E-state index in [1.165, 1.54) is 41.7 Å². The molecular formula is C22H17N3O6S2. The van der Waals surface area contributed by atoms with Crippen LogP contribution < -0.4 is 13.8 Å².